The monoisotopic (exact) mass is 233 g/mol. The Morgan fingerprint density at radius 2 is 2.12 bits per heavy atom. The van der Waals surface area contributed by atoms with Crippen LogP contribution in [0.15, 0.2) is 0 Å². The van der Waals surface area contributed by atoms with Gasteiger partial charge in [0.05, 0.1) is 6.10 Å². The molecule has 2 rings (SSSR count). The highest BCUT2D eigenvalue weighted by Crippen LogP contribution is 2.41. The van der Waals surface area contributed by atoms with E-state index in [1.807, 2.05) is 0 Å². The van der Waals surface area contributed by atoms with Crippen LogP contribution in [0, 0.1) is 5.92 Å². The molecule has 1 saturated carbocycles. The van der Waals surface area contributed by atoms with Gasteiger partial charge in [0.1, 0.15) is 0 Å². The summed E-state index contributed by atoms with van der Waals surface area (Å²) in [5.41, 5.74) is 0. The van der Waals surface area contributed by atoms with Crippen molar-refractivity contribution >= 4 is 0 Å². The molecule has 4 heteroatoms. The van der Waals surface area contributed by atoms with E-state index in [-0.39, 0.29) is 18.8 Å². The summed E-state index contributed by atoms with van der Waals surface area (Å²) in [7, 11) is 0. The zero-order valence-electron chi connectivity index (χ0n) is 9.59. The van der Waals surface area contributed by atoms with Crippen LogP contribution in [-0.4, -0.2) is 29.7 Å². The molecular weight excluding hydrogens is 212 g/mol. The van der Waals surface area contributed by atoms with Crippen LogP contribution in [0.1, 0.15) is 44.9 Å². The van der Waals surface area contributed by atoms with Crippen LogP contribution >= 0.6 is 0 Å². The van der Waals surface area contributed by atoms with Crippen molar-refractivity contribution < 1.29 is 13.9 Å². The predicted octanol–water partition coefficient (Wildman–Crippen LogP) is 2.31. The van der Waals surface area contributed by atoms with E-state index >= 15 is 0 Å². The van der Waals surface area contributed by atoms with Gasteiger partial charge in [0.25, 0.3) is 0 Å². The zero-order chi connectivity index (χ0) is 11.6. The number of rotatable bonds is 3. The minimum atomic E-state index is -2.54. The van der Waals surface area contributed by atoms with Gasteiger partial charge in [-0.05, 0) is 38.1 Å². The molecule has 0 radical (unpaired) electrons. The molecule has 2 nitrogen and oxygen atoms in total. The number of nitrogens with one attached hydrogen (secondary N) is 1. The largest absolute Gasteiger partial charge is 0.393 e. The van der Waals surface area contributed by atoms with Crippen LogP contribution in [0.2, 0.25) is 0 Å². The third-order valence-electron chi connectivity index (χ3n) is 3.92. The summed E-state index contributed by atoms with van der Waals surface area (Å²) in [5.74, 6) is -2.73. The van der Waals surface area contributed by atoms with E-state index in [1.54, 1.807) is 0 Å². The number of aliphatic hydroxyl groups excluding tert-OH is 1. The summed E-state index contributed by atoms with van der Waals surface area (Å²) < 4.78 is 26.0. The first kappa shape index (κ1) is 12.2. The summed E-state index contributed by atoms with van der Waals surface area (Å²) in [5, 5.41) is 13.3. The van der Waals surface area contributed by atoms with Crippen molar-refractivity contribution in [3.05, 3.63) is 0 Å². The van der Waals surface area contributed by atoms with Crippen molar-refractivity contribution in [3.8, 4) is 0 Å². The highest BCUT2D eigenvalue weighted by molar-refractivity contribution is 4.87. The topological polar surface area (TPSA) is 32.3 Å². The SMILES string of the molecule is OC(CC1CCCCN1)[C@@H]1CCC(F)(F)C1. The molecule has 94 valence electrons. The number of aliphatic hydroxyl groups is 1. The third-order valence-corrected chi connectivity index (χ3v) is 3.92. The van der Waals surface area contributed by atoms with Gasteiger partial charge >= 0.3 is 0 Å². The van der Waals surface area contributed by atoms with Gasteiger partial charge in [-0.25, -0.2) is 8.78 Å². The molecule has 1 heterocycles. The molecule has 2 N–H and O–H groups in total. The fraction of sp³-hybridized carbons (Fsp3) is 1.00. The standard InChI is InChI=1S/C12H21F2NO/c13-12(14)5-4-9(8-12)11(16)7-10-3-1-2-6-15-10/h9-11,15-16H,1-8H2/t9-,10?,11?/m1/s1. The van der Waals surface area contributed by atoms with Crippen LogP contribution in [-0.2, 0) is 0 Å². The number of alkyl halides is 2. The number of halogens is 2. The van der Waals surface area contributed by atoms with Crippen molar-refractivity contribution in [1.29, 1.82) is 0 Å². The van der Waals surface area contributed by atoms with E-state index in [9.17, 15) is 13.9 Å². The molecule has 1 saturated heterocycles. The Bertz CT molecular complexity index is 229. The maximum absolute atomic E-state index is 13.0. The van der Waals surface area contributed by atoms with Gasteiger partial charge in [-0.2, -0.15) is 0 Å². The molecule has 16 heavy (non-hydrogen) atoms. The first-order chi connectivity index (χ1) is 7.57. The molecule has 3 atom stereocenters. The lowest BCUT2D eigenvalue weighted by Gasteiger charge is -2.27. The Morgan fingerprint density at radius 1 is 1.31 bits per heavy atom. The van der Waals surface area contributed by atoms with E-state index in [4.69, 9.17) is 0 Å². The van der Waals surface area contributed by atoms with Crippen molar-refractivity contribution in [3.63, 3.8) is 0 Å². The van der Waals surface area contributed by atoms with Crippen LogP contribution in [0.3, 0.4) is 0 Å². The molecule has 2 aliphatic rings. The predicted molar refractivity (Wildman–Crippen MR) is 58.6 cm³/mol. The fourth-order valence-corrected chi connectivity index (χ4v) is 2.92. The average molecular weight is 233 g/mol. The third kappa shape index (κ3) is 3.14. The number of piperidine rings is 1. The van der Waals surface area contributed by atoms with Gasteiger partial charge in [0.2, 0.25) is 5.92 Å². The normalized spacial score (nSPS) is 36.2. The van der Waals surface area contributed by atoms with E-state index in [0.717, 1.165) is 13.0 Å². The van der Waals surface area contributed by atoms with Gasteiger partial charge in [-0.1, -0.05) is 6.42 Å². The second kappa shape index (κ2) is 4.96. The number of hydrogen-bond donors (Lipinski definition) is 2. The van der Waals surface area contributed by atoms with Crippen molar-refractivity contribution in [2.24, 2.45) is 5.92 Å². The Balaban J connectivity index is 1.77. The molecule has 0 aromatic rings. The van der Waals surface area contributed by atoms with Gasteiger partial charge in [0.15, 0.2) is 0 Å². The first-order valence-electron chi connectivity index (χ1n) is 6.36. The quantitative estimate of drug-likeness (QED) is 0.784. The van der Waals surface area contributed by atoms with Gasteiger partial charge in [-0.15, -0.1) is 0 Å². The summed E-state index contributed by atoms with van der Waals surface area (Å²) in [6.45, 7) is 0.998. The molecule has 0 bridgehead atoms. The first-order valence-corrected chi connectivity index (χ1v) is 6.36. The molecule has 0 aromatic carbocycles. The van der Waals surface area contributed by atoms with Crippen LogP contribution in [0.5, 0.6) is 0 Å². The summed E-state index contributed by atoms with van der Waals surface area (Å²) in [6.07, 6.45) is 3.83. The smallest absolute Gasteiger partial charge is 0.248 e. The minimum Gasteiger partial charge on any atom is -0.393 e. The van der Waals surface area contributed by atoms with E-state index < -0.39 is 12.0 Å². The highest BCUT2D eigenvalue weighted by atomic mass is 19.3. The molecular formula is C12H21F2NO. The summed E-state index contributed by atoms with van der Waals surface area (Å²) in [6, 6.07) is 0.331. The molecule has 2 unspecified atom stereocenters. The van der Waals surface area contributed by atoms with E-state index in [0.29, 0.717) is 18.9 Å². The Kier molecular flexibility index (Phi) is 3.80. The van der Waals surface area contributed by atoms with Crippen molar-refractivity contribution in [2.75, 3.05) is 6.54 Å². The lowest BCUT2D eigenvalue weighted by Crippen LogP contribution is -2.38. The maximum atomic E-state index is 13.0. The Labute approximate surface area is 95.4 Å². The average Bonchev–Trinajstić information content (AvgIpc) is 2.60. The van der Waals surface area contributed by atoms with Gasteiger partial charge < -0.3 is 10.4 Å². The second-order valence-electron chi connectivity index (χ2n) is 5.31. The molecule has 0 aromatic heterocycles. The Morgan fingerprint density at radius 3 is 2.69 bits per heavy atom. The van der Waals surface area contributed by atoms with E-state index in [2.05, 4.69) is 5.32 Å². The number of hydrogen-bond acceptors (Lipinski definition) is 2. The zero-order valence-corrected chi connectivity index (χ0v) is 9.59. The highest BCUT2D eigenvalue weighted by Gasteiger charge is 2.42. The maximum Gasteiger partial charge on any atom is 0.248 e. The van der Waals surface area contributed by atoms with Crippen molar-refractivity contribution in [1.82, 2.24) is 5.32 Å². The fourth-order valence-electron chi connectivity index (χ4n) is 2.92. The Hall–Kier alpha value is -0.220. The molecule has 0 spiro atoms. The lowest BCUT2D eigenvalue weighted by atomic mass is 9.91. The van der Waals surface area contributed by atoms with Gasteiger partial charge in [-0.3, -0.25) is 0 Å². The lowest BCUT2D eigenvalue weighted by molar-refractivity contribution is -0.00699. The molecule has 1 aliphatic heterocycles. The minimum absolute atomic E-state index is 0.0488. The van der Waals surface area contributed by atoms with Crippen molar-refractivity contribution in [2.45, 2.75) is 63.0 Å². The molecule has 0 amide bonds. The van der Waals surface area contributed by atoms with Crippen LogP contribution in [0.25, 0.3) is 0 Å². The van der Waals surface area contributed by atoms with Crippen LogP contribution in [0.4, 0.5) is 8.78 Å². The molecule has 2 fully saturated rings. The summed E-state index contributed by atoms with van der Waals surface area (Å²) in [4.78, 5) is 0. The van der Waals surface area contributed by atoms with Crippen LogP contribution < -0.4 is 5.32 Å². The molecule has 1 aliphatic carbocycles. The van der Waals surface area contributed by atoms with Gasteiger partial charge in [0, 0.05) is 18.9 Å². The summed E-state index contributed by atoms with van der Waals surface area (Å²) >= 11 is 0. The second-order valence-corrected chi connectivity index (χ2v) is 5.31. The van der Waals surface area contributed by atoms with E-state index in [1.165, 1.54) is 12.8 Å².